The van der Waals surface area contributed by atoms with Crippen molar-refractivity contribution in [1.82, 2.24) is 0 Å². The fourth-order valence-corrected chi connectivity index (χ4v) is 5.51. The number of nitrogens with one attached hydrogen (secondary N) is 1. The van der Waals surface area contributed by atoms with Gasteiger partial charge in [-0.05, 0) is 54.1 Å². The lowest BCUT2D eigenvalue weighted by atomic mass is 10.1. The van der Waals surface area contributed by atoms with Crippen LogP contribution in [-0.4, -0.2) is 27.2 Å². The Bertz CT molecular complexity index is 1220. The fourth-order valence-electron chi connectivity index (χ4n) is 3.30. The maximum atomic E-state index is 14.3. The molecule has 3 aromatic carbocycles. The lowest BCUT2D eigenvalue weighted by molar-refractivity contribution is -0.115. The zero-order valence-electron chi connectivity index (χ0n) is 16.5. The van der Waals surface area contributed by atoms with Crippen LogP contribution in [0.3, 0.4) is 0 Å². The van der Waals surface area contributed by atoms with Crippen molar-refractivity contribution in [2.24, 2.45) is 0 Å². The first kappa shape index (κ1) is 21.2. The number of anilines is 2. The highest BCUT2D eigenvalue weighted by molar-refractivity contribution is 8.00. The molecule has 9 heteroatoms. The van der Waals surface area contributed by atoms with Crippen molar-refractivity contribution < 1.29 is 22.3 Å². The number of thioether (sulfide) groups is 1. The molecular formula is C22H19FN2O4S2. The zero-order chi connectivity index (χ0) is 22.0. The Labute approximate surface area is 184 Å². The van der Waals surface area contributed by atoms with Crippen molar-refractivity contribution in [2.75, 3.05) is 22.5 Å². The molecule has 0 saturated carbocycles. The van der Waals surface area contributed by atoms with E-state index in [1.807, 2.05) is 0 Å². The molecule has 0 radical (unpaired) electrons. The predicted molar refractivity (Wildman–Crippen MR) is 119 cm³/mol. The molecule has 1 aliphatic rings. The van der Waals surface area contributed by atoms with E-state index in [4.69, 9.17) is 4.74 Å². The average Bonchev–Trinajstić information content (AvgIpc) is 3.15. The molecule has 0 aliphatic carbocycles. The van der Waals surface area contributed by atoms with Crippen LogP contribution >= 0.6 is 11.8 Å². The molecule has 1 aliphatic heterocycles. The molecule has 1 atom stereocenters. The summed E-state index contributed by atoms with van der Waals surface area (Å²) in [7, 11) is -2.31. The Morgan fingerprint density at radius 3 is 2.52 bits per heavy atom. The van der Waals surface area contributed by atoms with Crippen LogP contribution in [0.15, 0.2) is 77.7 Å². The van der Waals surface area contributed by atoms with Gasteiger partial charge >= 0.3 is 0 Å². The SMILES string of the molecule is COc1ccc(S(=O)(=O)Nc2cccc(C3SCC(=O)N3c3ccccc3F)c2)cc1. The first-order valence-electron chi connectivity index (χ1n) is 9.34. The molecule has 0 aromatic heterocycles. The smallest absolute Gasteiger partial charge is 0.261 e. The Morgan fingerprint density at radius 1 is 1.06 bits per heavy atom. The topological polar surface area (TPSA) is 75.7 Å². The number of ether oxygens (including phenoxy) is 1. The van der Waals surface area contributed by atoms with E-state index < -0.39 is 21.2 Å². The highest BCUT2D eigenvalue weighted by Gasteiger charge is 2.35. The summed E-state index contributed by atoms with van der Waals surface area (Å²) in [5.74, 6) is 0.0713. The number of carbonyl (C=O) groups excluding carboxylic acids is 1. The molecule has 0 bridgehead atoms. The number of nitrogens with zero attached hydrogens (tertiary/aromatic N) is 1. The first-order valence-corrected chi connectivity index (χ1v) is 11.9. The van der Waals surface area contributed by atoms with Gasteiger partial charge in [0.15, 0.2) is 0 Å². The van der Waals surface area contributed by atoms with Gasteiger partial charge in [0.05, 0.1) is 23.4 Å². The van der Waals surface area contributed by atoms with Crippen molar-refractivity contribution in [3.63, 3.8) is 0 Å². The monoisotopic (exact) mass is 458 g/mol. The molecule has 3 aromatic rings. The quantitative estimate of drug-likeness (QED) is 0.592. The van der Waals surface area contributed by atoms with Crippen LogP contribution in [0.2, 0.25) is 0 Å². The molecule has 1 N–H and O–H groups in total. The molecule has 1 saturated heterocycles. The normalized spacial score (nSPS) is 16.4. The largest absolute Gasteiger partial charge is 0.497 e. The Hall–Kier alpha value is -3.04. The van der Waals surface area contributed by atoms with Crippen molar-refractivity contribution in [3.05, 3.63) is 84.2 Å². The van der Waals surface area contributed by atoms with E-state index in [-0.39, 0.29) is 22.2 Å². The van der Waals surface area contributed by atoms with Gasteiger partial charge in [-0.3, -0.25) is 14.4 Å². The molecule has 0 spiro atoms. The lowest BCUT2D eigenvalue weighted by Crippen LogP contribution is -2.28. The molecule has 160 valence electrons. The standard InChI is InChI=1S/C22H19FN2O4S2/c1-29-17-9-11-18(12-10-17)31(27,28)24-16-6-4-5-15(13-16)22-25(21(26)14-30-22)20-8-3-2-7-19(20)23/h2-13,22,24H,14H2,1H3. The van der Waals surface area contributed by atoms with E-state index in [1.54, 1.807) is 54.6 Å². The van der Waals surface area contributed by atoms with Crippen LogP contribution in [0.5, 0.6) is 5.75 Å². The summed E-state index contributed by atoms with van der Waals surface area (Å²) < 4.78 is 47.5. The minimum absolute atomic E-state index is 0.0945. The maximum Gasteiger partial charge on any atom is 0.261 e. The van der Waals surface area contributed by atoms with Crippen LogP contribution in [-0.2, 0) is 14.8 Å². The van der Waals surface area contributed by atoms with Gasteiger partial charge in [0, 0.05) is 5.69 Å². The molecule has 31 heavy (non-hydrogen) atoms. The minimum Gasteiger partial charge on any atom is -0.497 e. The fraction of sp³-hybridized carbons (Fsp3) is 0.136. The second-order valence-corrected chi connectivity index (χ2v) is 9.54. The number of para-hydroxylation sites is 1. The van der Waals surface area contributed by atoms with Gasteiger partial charge in [-0.1, -0.05) is 24.3 Å². The first-order chi connectivity index (χ1) is 14.9. The number of benzene rings is 3. The molecular weight excluding hydrogens is 439 g/mol. The molecule has 1 heterocycles. The van der Waals surface area contributed by atoms with Crippen molar-refractivity contribution >= 4 is 39.1 Å². The number of carbonyl (C=O) groups is 1. The summed E-state index contributed by atoms with van der Waals surface area (Å²) >= 11 is 1.36. The van der Waals surface area contributed by atoms with Gasteiger partial charge in [0.2, 0.25) is 5.91 Å². The van der Waals surface area contributed by atoms with E-state index in [1.165, 1.54) is 42.0 Å². The van der Waals surface area contributed by atoms with Crippen molar-refractivity contribution in [3.8, 4) is 5.75 Å². The maximum absolute atomic E-state index is 14.3. The average molecular weight is 459 g/mol. The van der Waals surface area contributed by atoms with E-state index >= 15 is 0 Å². The van der Waals surface area contributed by atoms with Crippen LogP contribution in [0.25, 0.3) is 0 Å². The van der Waals surface area contributed by atoms with Crippen LogP contribution in [0, 0.1) is 5.82 Å². The third-order valence-electron chi connectivity index (χ3n) is 4.77. The van der Waals surface area contributed by atoms with Crippen molar-refractivity contribution in [2.45, 2.75) is 10.3 Å². The van der Waals surface area contributed by atoms with Crippen molar-refractivity contribution in [1.29, 1.82) is 0 Å². The van der Waals surface area contributed by atoms with E-state index in [9.17, 15) is 17.6 Å². The molecule has 1 fully saturated rings. The van der Waals surface area contributed by atoms with Crippen LogP contribution in [0.4, 0.5) is 15.8 Å². The van der Waals surface area contributed by atoms with Gasteiger partial charge < -0.3 is 4.74 Å². The van der Waals surface area contributed by atoms with Crippen LogP contribution in [0.1, 0.15) is 10.9 Å². The summed E-state index contributed by atoms with van der Waals surface area (Å²) in [5.41, 5.74) is 1.24. The minimum atomic E-state index is -3.81. The second kappa shape index (κ2) is 8.60. The zero-order valence-corrected chi connectivity index (χ0v) is 18.1. The summed E-state index contributed by atoms with van der Waals surface area (Å²) in [6, 6.07) is 18.9. The Morgan fingerprint density at radius 2 is 1.81 bits per heavy atom. The molecule has 4 rings (SSSR count). The number of hydrogen-bond acceptors (Lipinski definition) is 5. The van der Waals surface area contributed by atoms with E-state index in [0.29, 0.717) is 17.0 Å². The van der Waals surface area contributed by atoms with Gasteiger partial charge in [-0.2, -0.15) is 0 Å². The van der Waals surface area contributed by atoms with Gasteiger partial charge in [-0.25, -0.2) is 12.8 Å². The van der Waals surface area contributed by atoms with Gasteiger partial charge in [0.25, 0.3) is 10.0 Å². The molecule has 6 nitrogen and oxygen atoms in total. The van der Waals surface area contributed by atoms with E-state index in [2.05, 4.69) is 4.72 Å². The highest BCUT2D eigenvalue weighted by Crippen LogP contribution is 2.43. The van der Waals surface area contributed by atoms with Gasteiger partial charge in [0.1, 0.15) is 16.9 Å². The number of amides is 1. The number of rotatable bonds is 6. The second-order valence-electron chi connectivity index (χ2n) is 6.79. The summed E-state index contributed by atoms with van der Waals surface area (Å²) in [6.45, 7) is 0. The lowest BCUT2D eigenvalue weighted by Gasteiger charge is -2.25. The third-order valence-corrected chi connectivity index (χ3v) is 7.38. The Balaban J connectivity index is 1.62. The van der Waals surface area contributed by atoms with E-state index in [0.717, 1.165) is 0 Å². The van der Waals surface area contributed by atoms with Crippen LogP contribution < -0.4 is 14.4 Å². The number of sulfonamides is 1. The summed E-state index contributed by atoms with van der Waals surface area (Å²) in [5, 5.41) is -0.463. The summed E-state index contributed by atoms with van der Waals surface area (Å²) in [4.78, 5) is 14.0. The van der Waals surface area contributed by atoms with Gasteiger partial charge in [-0.15, -0.1) is 11.8 Å². The predicted octanol–water partition coefficient (Wildman–Crippen LogP) is 4.41. The summed E-state index contributed by atoms with van der Waals surface area (Å²) in [6.07, 6.45) is 0. The molecule has 1 unspecified atom stereocenters. The third kappa shape index (κ3) is 4.38. The Kier molecular flexibility index (Phi) is 5.88. The number of halogens is 1. The number of hydrogen-bond donors (Lipinski definition) is 1. The molecule has 1 amide bonds. The highest BCUT2D eigenvalue weighted by atomic mass is 32.2. The number of methoxy groups -OCH3 is 1.